The van der Waals surface area contributed by atoms with Crippen LogP contribution in [-0.2, 0) is 4.79 Å². The van der Waals surface area contributed by atoms with Crippen LogP contribution in [0.5, 0.6) is 5.75 Å². The molecule has 2 heterocycles. The van der Waals surface area contributed by atoms with E-state index in [1.165, 1.54) is 0 Å². The quantitative estimate of drug-likeness (QED) is 0.670. The molecule has 0 radical (unpaired) electrons. The van der Waals surface area contributed by atoms with Crippen molar-refractivity contribution in [2.45, 2.75) is 26.0 Å². The van der Waals surface area contributed by atoms with Crippen LogP contribution in [0.15, 0.2) is 66.9 Å². The first-order chi connectivity index (χ1) is 14.5. The third kappa shape index (κ3) is 3.99. The molecule has 2 atom stereocenters. The van der Waals surface area contributed by atoms with Crippen LogP contribution in [-0.4, -0.2) is 58.4 Å². The third-order valence-corrected chi connectivity index (χ3v) is 5.47. The van der Waals surface area contributed by atoms with Crippen LogP contribution >= 0.6 is 0 Å². The minimum Gasteiger partial charge on any atom is -0.479 e. The smallest absolute Gasteiger partial charge is 0.263 e. The molecule has 1 aliphatic rings. The van der Waals surface area contributed by atoms with Crippen molar-refractivity contribution in [3.8, 4) is 5.75 Å². The summed E-state index contributed by atoms with van der Waals surface area (Å²) >= 11 is 0. The molecular formula is C24H25N3O3. The summed E-state index contributed by atoms with van der Waals surface area (Å²) in [6, 6.07) is 18.7. The highest BCUT2D eigenvalue weighted by molar-refractivity contribution is 5.94. The minimum absolute atomic E-state index is 0.000627. The van der Waals surface area contributed by atoms with Crippen molar-refractivity contribution in [2.75, 3.05) is 19.6 Å². The molecule has 3 aromatic rings. The van der Waals surface area contributed by atoms with Crippen molar-refractivity contribution in [2.24, 2.45) is 0 Å². The lowest BCUT2D eigenvalue weighted by Gasteiger charge is -2.40. The molecule has 1 saturated heterocycles. The van der Waals surface area contributed by atoms with Gasteiger partial charge in [0.2, 0.25) is 0 Å². The van der Waals surface area contributed by atoms with Crippen LogP contribution in [0, 0.1) is 0 Å². The van der Waals surface area contributed by atoms with Crippen LogP contribution in [0.1, 0.15) is 24.2 Å². The largest absolute Gasteiger partial charge is 0.479 e. The Bertz CT molecular complexity index is 1050. The standard InChI is InChI=1S/C24H25N3O3/c1-17-16-26(24(29)20-8-4-3-5-9-20)14-15-27(17)23(28)18(2)30-21-12-6-10-19-11-7-13-25-22(19)21/h3-13,17-18H,14-16H2,1-2H3. The van der Waals surface area contributed by atoms with Crippen molar-refractivity contribution in [3.05, 3.63) is 72.4 Å². The predicted octanol–water partition coefficient (Wildman–Crippen LogP) is 3.38. The molecule has 6 nitrogen and oxygen atoms in total. The van der Waals surface area contributed by atoms with Gasteiger partial charge in [-0.05, 0) is 38.1 Å². The second kappa shape index (κ2) is 8.53. The lowest BCUT2D eigenvalue weighted by Crippen LogP contribution is -2.57. The van der Waals surface area contributed by atoms with E-state index in [1.807, 2.05) is 72.5 Å². The van der Waals surface area contributed by atoms with E-state index in [9.17, 15) is 9.59 Å². The Morgan fingerprint density at radius 2 is 1.80 bits per heavy atom. The number of nitrogens with zero attached hydrogens (tertiary/aromatic N) is 3. The number of rotatable bonds is 4. The molecule has 30 heavy (non-hydrogen) atoms. The zero-order valence-electron chi connectivity index (χ0n) is 17.2. The fraction of sp³-hybridized carbons (Fsp3) is 0.292. The van der Waals surface area contributed by atoms with Gasteiger partial charge in [0.15, 0.2) is 6.10 Å². The maximum absolute atomic E-state index is 13.1. The first-order valence-electron chi connectivity index (χ1n) is 10.2. The summed E-state index contributed by atoms with van der Waals surface area (Å²) in [5, 5.41) is 0.969. The van der Waals surface area contributed by atoms with Gasteiger partial charge in [-0.15, -0.1) is 0 Å². The molecule has 1 fully saturated rings. The van der Waals surface area contributed by atoms with Crippen molar-refractivity contribution in [1.29, 1.82) is 0 Å². The molecule has 0 N–H and O–H groups in total. The van der Waals surface area contributed by atoms with Gasteiger partial charge in [-0.3, -0.25) is 14.6 Å². The molecule has 1 aromatic heterocycles. The number of hydrogen-bond acceptors (Lipinski definition) is 4. The van der Waals surface area contributed by atoms with Gasteiger partial charge in [0.1, 0.15) is 11.3 Å². The molecule has 2 unspecified atom stereocenters. The summed E-state index contributed by atoms with van der Waals surface area (Å²) in [5.74, 6) is 0.516. The number of para-hydroxylation sites is 1. The van der Waals surface area contributed by atoms with Crippen LogP contribution in [0.2, 0.25) is 0 Å². The van der Waals surface area contributed by atoms with Crippen molar-refractivity contribution in [1.82, 2.24) is 14.8 Å². The molecular weight excluding hydrogens is 378 g/mol. The summed E-state index contributed by atoms with van der Waals surface area (Å²) in [7, 11) is 0. The SMILES string of the molecule is CC(Oc1cccc2cccnc12)C(=O)N1CCN(C(=O)c2ccccc2)CC1C. The van der Waals surface area contributed by atoms with Crippen molar-refractivity contribution >= 4 is 22.7 Å². The highest BCUT2D eigenvalue weighted by atomic mass is 16.5. The number of piperazine rings is 1. The predicted molar refractivity (Wildman–Crippen MR) is 115 cm³/mol. The number of fused-ring (bicyclic) bond motifs is 1. The number of carbonyl (C=O) groups excluding carboxylic acids is 2. The first-order valence-corrected chi connectivity index (χ1v) is 10.2. The van der Waals surface area contributed by atoms with E-state index in [0.29, 0.717) is 30.9 Å². The van der Waals surface area contributed by atoms with Crippen LogP contribution in [0.4, 0.5) is 0 Å². The number of pyridine rings is 1. The van der Waals surface area contributed by atoms with Gasteiger partial charge < -0.3 is 14.5 Å². The van der Waals surface area contributed by atoms with Gasteiger partial charge in [0.05, 0.1) is 0 Å². The third-order valence-electron chi connectivity index (χ3n) is 5.47. The van der Waals surface area contributed by atoms with Gasteiger partial charge in [0.25, 0.3) is 11.8 Å². The van der Waals surface area contributed by atoms with Crippen molar-refractivity contribution < 1.29 is 14.3 Å². The second-order valence-corrected chi connectivity index (χ2v) is 7.59. The molecule has 6 heteroatoms. The Morgan fingerprint density at radius 1 is 1.03 bits per heavy atom. The van der Waals surface area contributed by atoms with E-state index in [-0.39, 0.29) is 17.9 Å². The summed E-state index contributed by atoms with van der Waals surface area (Å²) in [4.78, 5) is 33.8. The van der Waals surface area contributed by atoms with E-state index < -0.39 is 6.10 Å². The molecule has 154 valence electrons. The lowest BCUT2D eigenvalue weighted by molar-refractivity contribution is -0.142. The molecule has 0 bridgehead atoms. The summed E-state index contributed by atoms with van der Waals surface area (Å²) in [5.41, 5.74) is 1.41. The monoisotopic (exact) mass is 403 g/mol. The highest BCUT2D eigenvalue weighted by Crippen LogP contribution is 2.25. The second-order valence-electron chi connectivity index (χ2n) is 7.59. The summed E-state index contributed by atoms with van der Waals surface area (Å²) in [6.45, 7) is 5.22. The average Bonchev–Trinajstić information content (AvgIpc) is 2.79. The van der Waals surface area contributed by atoms with E-state index in [2.05, 4.69) is 4.98 Å². The van der Waals surface area contributed by atoms with E-state index in [0.717, 1.165) is 10.9 Å². The van der Waals surface area contributed by atoms with E-state index in [4.69, 9.17) is 4.74 Å². The zero-order valence-corrected chi connectivity index (χ0v) is 17.2. The summed E-state index contributed by atoms with van der Waals surface area (Å²) < 4.78 is 6.00. The van der Waals surface area contributed by atoms with Crippen LogP contribution < -0.4 is 4.74 Å². The maximum Gasteiger partial charge on any atom is 0.263 e. The molecule has 1 aliphatic heterocycles. The number of benzene rings is 2. The first kappa shape index (κ1) is 19.9. The Morgan fingerprint density at radius 3 is 2.57 bits per heavy atom. The Labute approximate surface area is 176 Å². The molecule has 0 saturated carbocycles. The van der Waals surface area contributed by atoms with Crippen LogP contribution in [0.25, 0.3) is 10.9 Å². The fourth-order valence-corrected chi connectivity index (χ4v) is 3.88. The minimum atomic E-state index is -0.642. The molecule has 4 rings (SSSR count). The number of ether oxygens (including phenoxy) is 1. The normalized spacial score (nSPS) is 17.6. The number of aromatic nitrogens is 1. The maximum atomic E-state index is 13.1. The fourth-order valence-electron chi connectivity index (χ4n) is 3.88. The number of amides is 2. The topological polar surface area (TPSA) is 62.7 Å². The van der Waals surface area contributed by atoms with Gasteiger partial charge in [-0.2, -0.15) is 0 Å². The van der Waals surface area contributed by atoms with Gasteiger partial charge in [-0.1, -0.05) is 36.4 Å². The molecule has 0 aliphatic carbocycles. The Balaban J connectivity index is 1.42. The average molecular weight is 403 g/mol. The van der Waals surface area contributed by atoms with E-state index >= 15 is 0 Å². The molecule has 2 amide bonds. The summed E-state index contributed by atoms with van der Waals surface area (Å²) in [6.07, 6.45) is 1.07. The highest BCUT2D eigenvalue weighted by Gasteiger charge is 2.33. The Hall–Kier alpha value is -3.41. The number of hydrogen-bond donors (Lipinski definition) is 0. The lowest BCUT2D eigenvalue weighted by atomic mass is 10.1. The number of carbonyl (C=O) groups is 2. The van der Waals surface area contributed by atoms with E-state index in [1.54, 1.807) is 18.0 Å². The Kier molecular flexibility index (Phi) is 5.65. The molecule has 0 spiro atoms. The van der Waals surface area contributed by atoms with Gasteiger partial charge in [-0.25, -0.2) is 0 Å². The zero-order chi connectivity index (χ0) is 21.1. The van der Waals surface area contributed by atoms with Crippen molar-refractivity contribution in [3.63, 3.8) is 0 Å². The molecule has 2 aromatic carbocycles. The van der Waals surface area contributed by atoms with Gasteiger partial charge >= 0.3 is 0 Å². The van der Waals surface area contributed by atoms with Crippen LogP contribution in [0.3, 0.4) is 0 Å². The van der Waals surface area contributed by atoms with Gasteiger partial charge in [0, 0.05) is 42.8 Å².